The first-order chi connectivity index (χ1) is 13.1. The maximum Gasteiger partial charge on any atom is 0.247 e. The lowest BCUT2D eigenvalue weighted by molar-refractivity contribution is -0.120. The molecule has 0 bridgehead atoms. The second-order valence-electron chi connectivity index (χ2n) is 6.76. The summed E-state index contributed by atoms with van der Waals surface area (Å²) in [6.45, 7) is 4.51. The number of carbonyl (C=O) groups is 1. The molecule has 2 aromatic rings. The largest absolute Gasteiger partial charge is 0.420 e. The van der Waals surface area contributed by atoms with Gasteiger partial charge in [0.1, 0.15) is 17.1 Å². The van der Waals surface area contributed by atoms with E-state index in [1.807, 2.05) is 31.2 Å². The van der Waals surface area contributed by atoms with Gasteiger partial charge in [-0.3, -0.25) is 9.89 Å². The average molecular weight is 363 g/mol. The second-order valence-corrected chi connectivity index (χ2v) is 6.76. The van der Waals surface area contributed by atoms with Crippen LogP contribution in [0.15, 0.2) is 35.7 Å². The van der Waals surface area contributed by atoms with Gasteiger partial charge in [0, 0.05) is 23.5 Å². The lowest BCUT2D eigenvalue weighted by Crippen LogP contribution is -2.46. The average Bonchev–Trinajstić information content (AvgIpc) is 3.18. The molecule has 7 nitrogen and oxygen atoms in total. The summed E-state index contributed by atoms with van der Waals surface area (Å²) in [5.74, 6) is 0.0211. The van der Waals surface area contributed by atoms with Crippen molar-refractivity contribution in [2.24, 2.45) is 5.73 Å². The van der Waals surface area contributed by atoms with E-state index >= 15 is 0 Å². The number of rotatable bonds is 4. The number of aromatic nitrogens is 2. The van der Waals surface area contributed by atoms with Crippen molar-refractivity contribution < 1.29 is 9.53 Å². The molecule has 0 radical (unpaired) electrons. The third kappa shape index (κ3) is 2.07. The molecule has 1 spiro atoms. The molecular weight excluding hydrogens is 342 g/mol. The van der Waals surface area contributed by atoms with Crippen LogP contribution < -0.4 is 15.4 Å². The molecule has 0 fully saturated rings. The number of carbonyl (C=O) groups excluding carboxylic acids is 1. The summed E-state index contributed by atoms with van der Waals surface area (Å²) in [6, 6.07) is 9.71. The fraction of sp³-hybridized carbons (Fsp3) is 0.350. The molecule has 1 amide bonds. The van der Waals surface area contributed by atoms with E-state index in [0.29, 0.717) is 18.5 Å². The van der Waals surface area contributed by atoms with E-state index in [-0.39, 0.29) is 23.2 Å². The third-order valence-electron chi connectivity index (χ3n) is 5.38. The van der Waals surface area contributed by atoms with Crippen molar-refractivity contribution in [3.63, 3.8) is 0 Å². The van der Waals surface area contributed by atoms with E-state index in [1.54, 1.807) is 4.90 Å². The van der Waals surface area contributed by atoms with Crippen LogP contribution >= 0.6 is 0 Å². The normalized spacial score (nSPS) is 20.5. The number of anilines is 1. The highest BCUT2D eigenvalue weighted by Crippen LogP contribution is 2.55. The number of nitrogens with zero attached hydrogens (tertiary/aromatic N) is 3. The zero-order valence-corrected chi connectivity index (χ0v) is 15.4. The lowest BCUT2D eigenvalue weighted by Gasteiger charge is -2.32. The van der Waals surface area contributed by atoms with Crippen molar-refractivity contribution >= 4 is 11.6 Å². The highest BCUT2D eigenvalue weighted by atomic mass is 16.5. The van der Waals surface area contributed by atoms with Crippen LogP contribution in [0.4, 0.5) is 5.69 Å². The SMILES string of the molecule is CCCCc1[nH]nc2c1[C@]1(C(=O)N(CC)c3ccccc31)C(C#N)=C(N)O2. The summed E-state index contributed by atoms with van der Waals surface area (Å²) in [5, 5.41) is 17.2. The third-order valence-corrected chi connectivity index (χ3v) is 5.38. The Hall–Kier alpha value is -3.27. The Labute approximate surface area is 157 Å². The molecule has 138 valence electrons. The Bertz CT molecular complexity index is 1000. The Kier molecular flexibility index (Phi) is 3.92. The van der Waals surface area contributed by atoms with Gasteiger partial charge in [-0.05, 0) is 25.8 Å². The number of nitrogens with two attached hydrogens (primary N) is 1. The highest BCUT2D eigenvalue weighted by molar-refractivity contribution is 6.14. The molecule has 1 atom stereocenters. The second kappa shape index (κ2) is 6.16. The number of hydrogen-bond acceptors (Lipinski definition) is 5. The number of H-pyrrole nitrogens is 1. The van der Waals surface area contributed by atoms with Crippen molar-refractivity contribution in [2.75, 3.05) is 11.4 Å². The fourth-order valence-electron chi connectivity index (χ4n) is 4.21. The van der Waals surface area contributed by atoms with Crippen molar-refractivity contribution in [2.45, 2.75) is 38.5 Å². The van der Waals surface area contributed by atoms with Gasteiger partial charge in [-0.25, -0.2) is 0 Å². The molecule has 4 rings (SSSR count). The lowest BCUT2D eigenvalue weighted by atomic mass is 9.68. The smallest absolute Gasteiger partial charge is 0.247 e. The first-order valence-corrected chi connectivity index (χ1v) is 9.18. The van der Waals surface area contributed by atoms with Gasteiger partial charge < -0.3 is 15.4 Å². The predicted molar refractivity (Wildman–Crippen MR) is 99.9 cm³/mol. The van der Waals surface area contributed by atoms with Crippen LogP contribution in [-0.2, 0) is 16.6 Å². The Morgan fingerprint density at radius 2 is 2.15 bits per heavy atom. The highest BCUT2D eigenvalue weighted by Gasteiger charge is 2.60. The predicted octanol–water partition coefficient (Wildman–Crippen LogP) is 2.49. The number of aryl methyl sites for hydroxylation is 1. The van der Waals surface area contributed by atoms with Gasteiger partial charge in [0.05, 0.1) is 5.56 Å². The van der Waals surface area contributed by atoms with E-state index in [0.717, 1.165) is 29.8 Å². The Balaban J connectivity index is 2.08. The molecule has 0 saturated carbocycles. The van der Waals surface area contributed by atoms with Crippen molar-refractivity contribution in [1.82, 2.24) is 10.2 Å². The van der Waals surface area contributed by atoms with Crippen LogP contribution in [0, 0.1) is 11.3 Å². The molecule has 3 heterocycles. The quantitative estimate of drug-likeness (QED) is 0.867. The monoisotopic (exact) mass is 363 g/mol. The van der Waals surface area contributed by atoms with Crippen molar-refractivity contribution in [3.05, 3.63) is 52.5 Å². The summed E-state index contributed by atoms with van der Waals surface area (Å²) >= 11 is 0. The Morgan fingerprint density at radius 1 is 1.37 bits per heavy atom. The fourth-order valence-corrected chi connectivity index (χ4v) is 4.21. The molecule has 27 heavy (non-hydrogen) atoms. The van der Waals surface area contributed by atoms with Crippen LogP contribution in [0.3, 0.4) is 0 Å². The number of aromatic amines is 1. The molecule has 0 aliphatic carbocycles. The summed E-state index contributed by atoms with van der Waals surface area (Å²) in [4.78, 5) is 15.5. The van der Waals surface area contributed by atoms with Gasteiger partial charge in [-0.2, -0.15) is 5.26 Å². The number of para-hydroxylation sites is 1. The number of amides is 1. The van der Waals surface area contributed by atoms with E-state index in [4.69, 9.17) is 10.5 Å². The van der Waals surface area contributed by atoms with Crippen molar-refractivity contribution in [1.29, 1.82) is 5.26 Å². The molecule has 0 unspecified atom stereocenters. The minimum absolute atomic E-state index is 0.0698. The van der Waals surface area contributed by atoms with E-state index in [1.165, 1.54) is 0 Å². The number of fused-ring (bicyclic) bond motifs is 4. The van der Waals surface area contributed by atoms with Gasteiger partial charge >= 0.3 is 0 Å². The summed E-state index contributed by atoms with van der Waals surface area (Å²) in [6.07, 6.45) is 2.64. The maximum absolute atomic E-state index is 13.8. The first kappa shape index (κ1) is 17.2. The molecular formula is C20H21N5O2. The molecule has 0 saturated heterocycles. The molecule has 1 aromatic heterocycles. The molecule has 1 aromatic carbocycles. The number of benzene rings is 1. The van der Waals surface area contributed by atoms with E-state index in [2.05, 4.69) is 23.2 Å². The zero-order chi connectivity index (χ0) is 19.2. The van der Waals surface area contributed by atoms with Gasteiger partial charge in [-0.15, -0.1) is 5.10 Å². The number of nitrogens with one attached hydrogen (secondary N) is 1. The maximum atomic E-state index is 13.8. The Morgan fingerprint density at radius 3 is 2.85 bits per heavy atom. The minimum atomic E-state index is -1.31. The number of ether oxygens (including phenoxy) is 1. The zero-order valence-electron chi connectivity index (χ0n) is 15.4. The van der Waals surface area contributed by atoms with Crippen LogP contribution in [0.1, 0.15) is 43.5 Å². The summed E-state index contributed by atoms with van der Waals surface area (Å²) < 4.78 is 5.64. The molecule has 7 heteroatoms. The van der Waals surface area contributed by atoms with Crippen LogP contribution in [0.25, 0.3) is 0 Å². The molecule has 3 N–H and O–H groups in total. The number of hydrogen-bond donors (Lipinski definition) is 2. The van der Waals surface area contributed by atoms with E-state index in [9.17, 15) is 10.1 Å². The van der Waals surface area contributed by atoms with Gasteiger partial charge in [0.25, 0.3) is 0 Å². The van der Waals surface area contributed by atoms with Crippen LogP contribution in [-0.4, -0.2) is 22.6 Å². The molecule has 2 aliphatic heterocycles. The minimum Gasteiger partial charge on any atom is -0.420 e. The summed E-state index contributed by atoms with van der Waals surface area (Å²) in [5.41, 5.74) is 7.88. The first-order valence-electron chi connectivity index (χ1n) is 9.18. The number of unbranched alkanes of at least 4 members (excludes halogenated alkanes) is 1. The van der Waals surface area contributed by atoms with Crippen LogP contribution in [0.5, 0.6) is 5.88 Å². The van der Waals surface area contributed by atoms with Crippen molar-refractivity contribution in [3.8, 4) is 11.9 Å². The topological polar surface area (TPSA) is 108 Å². The standard InChI is InChI=1S/C20H21N5O2/c1-3-5-9-14-16-18(24-23-14)27-17(22)13(11-21)20(16)12-8-6-7-10-15(12)25(4-2)19(20)26/h6-8,10H,3-5,9,22H2,1-2H3,(H,23,24)/t20-/m1/s1. The summed E-state index contributed by atoms with van der Waals surface area (Å²) in [7, 11) is 0. The van der Waals surface area contributed by atoms with Crippen LogP contribution in [0.2, 0.25) is 0 Å². The number of likely N-dealkylation sites (N-methyl/N-ethyl adjacent to an activating group) is 1. The molecule has 2 aliphatic rings. The number of nitriles is 1. The van der Waals surface area contributed by atoms with Gasteiger partial charge in [0.2, 0.25) is 17.7 Å². The van der Waals surface area contributed by atoms with Gasteiger partial charge in [-0.1, -0.05) is 31.5 Å². The van der Waals surface area contributed by atoms with E-state index < -0.39 is 5.41 Å². The van der Waals surface area contributed by atoms with Gasteiger partial charge in [0.15, 0.2) is 0 Å².